The van der Waals surface area contributed by atoms with Gasteiger partial charge in [0.1, 0.15) is 0 Å². The molecule has 2 aliphatic heterocycles. The number of nitrogens with zero attached hydrogens (tertiary/aromatic N) is 5. The minimum absolute atomic E-state index is 0.437. The van der Waals surface area contributed by atoms with Crippen LogP contribution in [-0.2, 0) is 0 Å². The summed E-state index contributed by atoms with van der Waals surface area (Å²) in [6.45, 7) is 2.02. The molecule has 0 amide bonds. The quantitative estimate of drug-likeness (QED) is 0.869. The molecule has 1 N–H and O–H groups in total. The van der Waals surface area contributed by atoms with Gasteiger partial charge in [-0.3, -0.25) is 10.4 Å². The lowest BCUT2D eigenvalue weighted by Crippen LogP contribution is -2.19. The lowest BCUT2D eigenvalue weighted by molar-refractivity contribution is 0.936. The van der Waals surface area contributed by atoms with Crippen LogP contribution in [0.5, 0.6) is 0 Å². The van der Waals surface area contributed by atoms with Gasteiger partial charge in [0.05, 0.1) is 17.6 Å². The fourth-order valence-electron chi connectivity index (χ4n) is 2.22. The van der Waals surface area contributed by atoms with Crippen LogP contribution in [0.3, 0.4) is 0 Å². The average molecular weight is 291 g/mol. The minimum atomic E-state index is 0.437. The minimum Gasteiger partial charge on any atom is -0.369 e. The highest BCUT2D eigenvalue weighted by atomic mass is 35.5. The lowest BCUT2D eigenvalue weighted by Gasteiger charge is -2.18. The van der Waals surface area contributed by atoms with E-state index in [1.54, 1.807) is 12.4 Å². The van der Waals surface area contributed by atoms with Gasteiger partial charge in [-0.15, -0.1) is 10.2 Å². The van der Waals surface area contributed by atoms with Crippen molar-refractivity contribution in [2.45, 2.75) is 19.3 Å². The number of allylic oxidation sites excluding steroid dienone is 1. The van der Waals surface area contributed by atoms with E-state index < -0.39 is 0 Å². The summed E-state index contributed by atoms with van der Waals surface area (Å²) in [6, 6.07) is 1.89. The molecule has 7 heteroatoms. The Morgan fingerprint density at radius 2 is 2.10 bits per heavy atom. The summed E-state index contributed by atoms with van der Waals surface area (Å²) in [5.74, 6) is 0.590. The molecule has 6 nitrogen and oxygen atoms in total. The van der Waals surface area contributed by atoms with Crippen LogP contribution in [0.15, 0.2) is 28.4 Å². The summed E-state index contributed by atoms with van der Waals surface area (Å²) in [4.78, 5) is 6.25. The van der Waals surface area contributed by atoms with Gasteiger partial charge in [0.15, 0.2) is 11.0 Å². The number of hydrazone groups is 1. The zero-order valence-corrected chi connectivity index (χ0v) is 11.7. The zero-order chi connectivity index (χ0) is 13.8. The molecule has 1 aromatic rings. The highest BCUT2D eigenvalue weighted by Crippen LogP contribution is 2.28. The van der Waals surface area contributed by atoms with Gasteiger partial charge in [-0.1, -0.05) is 17.7 Å². The predicted octanol–water partition coefficient (Wildman–Crippen LogP) is 2.49. The fourth-order valence-corrected chi connectivity index (χ4v) is 2.43. The van der Waals surface area contributed by atoms with Crippen LogP contribution in [-0.4, -0.2) is 35.2 Å². The first-order chi connectivity index (χ1) is 9.83. The molecule has 0 spiro atoms. The van der Waals surface area contributed by atoms with Crippen LogP contribution in [0, 0.1) is 0 Å². The molecule has 0 radical (unpaired) electrons. The maximum Gasteiger partial charge on any atom is 0.175 e. The Kier molecular flexibility index (Phi) is 3.92. The molecule has 0 atom stereocenters. The third-order valence-corrected chi connectivity index (χ3v) is 3.50. The van der Waals surface area contributed by atoms with Crippen molar-refractivity contribution in [2.24, 2.45) is 10.1 Å². The van der Waals surface area contributed by atoms with Crippen molar-refractivity contribution >= 4 is 35.0 Å². The van der Waals surface area contributed by atoms with Gasteiger partial charge in [-0.25, -0.2) is 0 Å². The standard InChI is InChI=1S/C13H15ClN6/c14-13-11(20-6-1-2-7-20)8-12(18-19-13)17-16-10-4-3-5-15-9-10/h3,5,8-9H,1-2,4,6-7H2,(H,17,18). The smallest absolute Gasteiger partial charge is 0.175 e. The van der Waals surface area contributed by atoms with E-state index >= 15 is 0 Å². The van der Waals surface area contributed by atoms with Crippen molar-refractivity contribution in [3.05, 3.63) is 23.5 Å². The highest BCUT2D eigenvalue weighted by molar-refractivity contribution is 6.32. The van der Waals surface area contributed by atoms with E-state index in [2.05, 4.69) is 30.6 Å². The van der Waals surface area contributed by atoms with Crippen LogP contribution in [0.2, 0.25) is 5.15 Å². The van der Waals surface area contributed by atoms with Crippen LogP contribution in [0.4, 0.5) is 11.5 Å². The van der Waals surface area contributed by atoms with Gasteiger partial charge in [0.2, 0.25) is 0 Å². The summed E-state index contributed by atoms with van der Waals surface area (Å²) in [5, 5.41) is 12.7. The Balaban J connectivity index is 1.75. The maximum atomic E-state index is 6.12. The number of aromatic nitrogens is 2. The molecule has 0 saturated carbocycles. The van der Waals surface area contributed by atoms with Crippen LogP contribution in [0.25, 0.3) is 0 Å². The number of hydrogen-bond acceptors (Lipinski definition) is 6. The first kappa shape index (κ1) is 13.1. The van der Waals surface area contributed by atoms with E-state index in [4.69, 9.17) is 11.6 Å². The molecule has 3 rings (SSSR count). The Hall–Kier alpha value is -1.95. The second-order valence-electron chi connectivity index (χ2n) is 4.68. The Labute approximate surface area is 122 Å². The predicted molar refractivity (Wildman–Crippen MR) is 81.8 cm³/mol. The monoisotopic (exact) mass is 290 g/mol. The van der Waals surface area contributed by atoms with E-state index in [-0.39, 0.29) is 0 Å². The molecule has 0 aliphatic carbocycles. The van der Waals surface area contributed by atoms with Gasteiger partial charge < -0.3 is 4.90 Å². The normalized spacial score (nSPS) is 19.9. The molecule has 1 saturated heterocycles. The maximum absolute atomic E-state index is 6.12. The Morgan fingerprint density at radius 3 is 2.85 bits per heavy atom. The topological polar surface area (TPSA) is 65.8 Å². The van der Waals surface area contributed by atoms with E-state index in [0.717, 1.165) is 30.9 Å². The third kappa shape index (κ3) is 2.96. The molecule has 0 unspecified atom stereocenters. The second kappa shape index (κ2) is 6.00. The summed E-state index contributed by atoms with van der Waals surface area (Å²) in [5.41, 5.74) is 4.68. The fraction of sp³-hybridized carbons (Fsp3) is 0.385. The van der Waals surface area contributed by atoms with Crippen molar-refractivity contribution in [1.29, 1.82) is 0 Å². The van der Waals surface area contributed by atoms with Crippen molar-refractivity contribution in [3.63, 3.8) is 0 Å². The zero-order valence-electron chi connectivity index (χ0n) is 11.0. The first-order valence-electron chi connectivity index (χ1n) is 6.62. The third-order valence-electron chi connectivity index (χ3n) is 3.23. The van der Waals surface area contributed by atoms with Crippen molar-refractivity contribution in [2.75, 3.05) is 23.4 Å². The van der Waals surface area contributed by atoms with Crippen molar-refractivity contribution in [3.8, 4) is 0 Å². The van der Waals surface area contributed by atoms with Crippen LogP contribution in [0.1, 0.15) is 19.3 Å². The number of hydrogen-bond donors (Lipinski definition) is 1. The highest BCUT2D eigenvalue weighted by Gasteiger charge is 2.17. The number of aliphatic imine (C=N–C) groups is 1. The first-order valence-corrected chi connectivity index (χ1v) is 6.99. The van der Waals surface area contributed by atoms with Crippen molar-refractivity contribution in [1.82, 2.24) is 10.2 Å². The summed E-state index contributed by atoms with van der Waals surface area (Å²) in [7, 11) is 0. The van der Waals surface area contributed by atoms with E-state index in [1.807, 2.05) is 12.1 Å². The van der Waals surface area contributed by atoms with E-state index in [1.165, 1.54) is 12.8 Å². The molecule has 1 fully saturated rings. The van der Waals surface area contributed by atoms with E-state index in [9.17, 15) is 0 Å². The average Bonchev–Trinajstić information content (AvgIpc) is 3.01. The molecule has 104 valence electrons. The van der Waals surface area contributed by atoms with E-state index in [0.29, 0.717) is 11.0 Å². The van der Waals surface area contributed by atoms with Crippen LogP contribution >= 0.6 is 11.6 Å². The molecule has 0 aromatic carbocycles. The van der Waals surface area contributed by atoms with Crippen molar-refractivity contribution < 1.29 is 0 Å². The molecule has 0 bridgehead atoms. The molecule has 2 aliphatic rings. The van der Waals surface area contributed by atoms with Gasteiger partial charge in [0.25, 0.3) is 0 Å². The SMILES string of the molecule is Clc1nnc(NN=C2C=NC=CC2)cc1N1CCCC1. The summed E-state index contributed by atoms with van der Waals surface area (Å²) in [6.07, 6.45) is 8.56. The summed E-state index contributed by atoms with van der Waals surface area (Å²) >= 11 is 6.12. The lowest BCUT2D eigenvalue weighted by atomic mass is 10.2. The number of anilines is 2. The van der Waals surface area contributed by atoms with Gasteiger partial charge in [-0.05, 0) is 12.8 Å². The number of halogens is 1. The molecule has 1 aromatic heterocycles. The number of rotatable bonds is 3. The van der Waals surface area contributed by atoms with Gasteiger partial charge in [0, 0.05) is 31.8 Å². The second-order valence-corrected chi connectivity index (χ2v) is 5.04. The molecule has 20 heavy (non-hydrogen) atoms. The van der Waals surface area contributed by atoms with Gasteiger partial charge >= 0.3 is 0 Å². The van der Waals surface area contributed by atoms with Gasteiger partial charge in [-0.2, -0.15) is 5.10 Å². The summed E-state index contributed by atoms with van der Waals surface area (Å²) < 4.78 is 0. The molecule has 3 heterocycles. The molecular formula is C13H15ClN6. The Bertz CT molecular complexity index is 574. The number of nitrogens with one attached hydrogen (secondary N) is 1. The van der Waals surface area contributed by atoms with Crippen LogP contribution < -0.4 is 10.3 Å². The largest absolute Gasteiger partial charge is 0.369 e. The molecular weight excluding hydrogens is 276 g/mol. The Morgan fingerprint density at radius 1 is 1.25 bits per heavy atom.